The number of hydrogen-bond acceptors (Lipinski definition) is 3. The van der Waals surface area contributed by atoms with Crippen LogP contribution in [0.4, 0.5) is 0 Å². The molecule has 2 unspecified atom stereocenters. The molecule has 0 radical (unpaired) electrons. The maximum absolute atomic E-state index is 11.9. The summed E-state index contributed by atoms with van der Waals surface area (Å²) in [4.78, 5) is 11.9. The second-order valence-electron chi connectivity index (χ2n) is 4.07. The average molecular weight is 216 g/mol. The average Bonchev–Trinajstić information content (AvgIpc) is 2.82. The summed E-state index contributed by atoms with van der Waals surface area (Å²) in [6.07, 6.45) is 4.26. The van der Waals surface area contributed by atoms with Gasteiger partial charge < -0.3 is 11.1 Å². The first-order valence-corrected chi connectivity index (χ1v) is 5.24. The van der Waals surface area contributed by atoms with Gasteiger partial charge in [0.25, 0.3) is 5.91 Å². The van der Waals surface area contributed by atoms with Crippen LogP contribution in [-0.4, -0.2) is 27.6 Å². The summed E-state index contributed by atoms with van der Waals surface area (Å²) in [6, 6.07) is 5.88. The van der Waals surface area contributed by atoms with Crippen molar-refractivity contribution in [3.63, 3.8) is 0 Å². The Morgan fingerprint density at radius 1 is 1.56 bits per heavy atom. The van der Waals surface area contributed by atoms with E-state index in [9.17, 15) is 4.79 Å². The summed E-state index contributed by atoms with van der Waals surface area (Å²) < 4.78 is 1.68. The van der Waals surface area contributed by atoms with Crippen LogP contribution in [0.5, 0.6) is 0 Å². The van der Waals surface area contributed by atoms with E-state index >= 15 is 0 Å². The van der Waals surface area contributed by atoms with Crippen LogP contribution in [0, 0.1) is 0 Å². The van der Waals surface area contributed by atoms with Gasteiger partial charge in [-0.1, -0.05) is 6.07 Å². The third-order valence-corrected chi connectivity index (χ3v) is 2.83. The molecule has 1 amide bonds. The van der Waals surface area contributed by atoms with Crippen LogP contribution >= 0.6 is 0 Å². The minimum Gasteiger partial charge on any atom is -0.348 e. The van der Waals surface area contributed by atoms with Gasteiger partial charge in [0.05, 0.1) is 17.3 Å². The van der Waals surface area contributed by atoms with Crippen molar-refractivity contribution in [3.05, 3.63) is 36.2 Å². The van der Waals surface area contributed by atoms with Gasteiger partial charge in [0.2, 0.25) is 0 Å². The maximum atomic E-state index is 11.9. The molecular weight excluding hydrogens is 204 g/mol. The van der Waals surface area contributed by atoms with Crippen LogP contribution in [0.15, 0.2) is 30.6 Å². The number of aromatic nitrogens is 2. The highest BCUT2D eigenvalue weighted by molar-refractivity contribution is 6.00. The van der Waals surface area contributed by atoms with Gasteiger partial charge in [-0.25, -0.2) is 4.52 Å². The van der Waals surface area contributed by atoms with Crippen LogP contribution < -0.4 is 11.1 Å². The number of nitrogens with one attached hydrogen (secondary N) is 1. The summed E-state index contributed by atoms with van der Waals surface area (Å²) in [5, 5.41) is 6.99. The molecule has 2 aromatic heterocycles. The molecule has 5 heteroatoms. The van der Waals surface area contributed by atoms with Crippen LogP contribution in [0.3, 0.4) is 0 Å². The number of rotatable bonds is 2. The van der Waals surface area contributed by atoms with E-state index in [1.54, 1.807) is 10.7 Å². The fourth-order valence-corrected chi connectivity index (χ4v) is 1.74. The molecule has 0 bridgehead atoms. The van der Waals surface area contributed by atoms with E-state index < -0.39 is 0 Å². The van der Waals surface area contributed by atoms with Crippen LogP contribution in [0.2, 0.25) is 0 Å². The Balaban J connectivity index is 1.90. The molecule has 2 heterocycles. The summed E-state index contributed by atoms with van der Waals surface area (Å²) in [5.74, 6) is -0.0980. The fraction of sp³-hybridized carbons (Fsp3) is 0.273. The number of pyridine rings is 1. The number of nitrogens with zero attached hydrogens (tertiary/aromatic N) is 2. The van der Waals surface area contributed by atoms with Gasteiger partial charge in [-0.2, -0.15) is 5.10 Å². The van der Waals surface area contributed by atoms with Gasteiger partial charge in [0.15, 0.2) is 0 Å². The van der Waals surface area contributed by atoms with E-state index in [2.05, 4.69) is 10.4 Å². The Labute approximate surface area is 92.2 Å². The van der Waals surface area contributed by atoms with E-state index in [1.807, 2.05) is 24.4 Å². The van der Waals surface area contributed by atoms with E-state index in [1.165, 1.54) is 0 Å². The largest absolute Gasteiger partial charge is 0.348 e. The monoisotopic (exact) mass is 216 g/mol. The van der Waals surface area contributed by atoms with E-state index in [0.717, 1.165) is 11.9 Å². The number of carbonyl (C=O) groups excluding carboxylic acids is 1. The Kier molecular flexibility index (Phi) is 1.94. The minimum absolute atomic E-state index is 0.0980. The van der Waals surface area contributed by atoms with Crippen molar-refractivity contribution < 1.29 is 4.79 Å². The quantitative estimate of drug-likeness (QED) is 0.751. The summed E-state index contributed by atoms with van der Waals surface area (Å²) in [7, 11) is 0. The lowest BCUT2D eigenvalue weighted by atomic mass is 10.2. The smallest absolute Gasteiger partial charge is 0.255 e. The molecule has 3 rings (SSSR count). The zero-order valence-electron chi connectivity index (χ0n) is 8.63. The maximum Gasteiger partial charge on any atom is 0.255 e. The molecule has 3 N–H and O–H groups in total. The van der Waals surface area contributed by atoms with Gasteiger partial charge in [-0.15, -0.1) is 0 Å². The molecule has 82 valence electrons. The van der Waals surface area contributed by atoms with Crippen LogP contribution in [0.25, 0.3) is 5.52 Å². The van der Waals surface area contributed by atoms with Crippen molar-refractivity contribution in [1.29, 1.82) is 0 Å². The molecule has 0 saturated heterocycles. The lowest BCUT2D eigenvalue weighted by Crippen LogP contribution is -2.29. The van der Waals surface area contributed by atoms with Gasteiger partial charge >= 0.3 is 0 Å². The molecule has 0 aliphatic heterocycles. The van der Waals surface area contributed by atoms with Crippen molar-refractivity contribution in [3.8, 4) is 0 Å². The van der Waals surface area contributed by atoms with Crippen molar-refractivity contribution in [2.24, 2.45) is 5.73 Å². The number of carbonyl (C=O) groups is 1. The Morgan fingerprint density at radius 3 is 3.12 bits per heavy atom. The molecular formula is C11H12N4O. The highest BCUT2D eigenvalue weighted by Crippen LogP contribution is 2.19. The third-order valence-electron chi connectivity index (χ3n) is 2.83. The van der Waals surface area contributed by atoms with E-state index in [-0.39, 0.29) is 18.0 Å². The van der Waals surface area contributed by atoms with Crippen molar-refractivity contribution in [2.45, 2.75) is 18.5 Å². The first kappa shape index (κ1) is 9.35. The predicted octanol–water partition coefficient (Wildman–Crippen LogP) is 0.164. The lowest BCUT2D eigenvalue weighted by molar-refractivity contribution is 0.0952. The van der Waals surface area contributed by atoms with Gasteiger partial charge in [0.1, 0.15) is 0 Å². The Hall–Kier alpha value is -1.88. The molecule has 1 fully saturated rings. The third kappa shape index (κ3) is 1.45. The van der Waals surface area contributed by atoms with E-state index in [4.69, 9.17) is 5.73 Å². The summed E-state index contributed by atoms with van der Waals surface area (Å²) in [6.45, 7) is 0. The molecule has 0 aromatic carbocycles. The van der Waals surface area contributed by atoms with Gasteiger partial charge in [0, 0.05) is 18.3 Å². The second-order valence-corrected chi connectivity index (χ2v) is 4.07. The molecule has 0 spiro atoms. The molecule has 16 heavy (non-hydrogen) atoms. The topological polar surface area (TPSA) is 72.4 Å². The number of hydrogen-bond donors (Lipinski definition) is 2. The molecule has 1 saturated carbocycles. The lowest BCUT2D eigenvalue weighted by Gasteiger charge is -2.01. The zero-order chi connectivity index (χ0) is 11.1. The van der Waals surface area contributed by atoms with Crippen molar-refractivity contribution >= 4 is 11.4 Å². The summed E-state index contributed by atoms with van der Waals surface area (Å²) >= 11 is 0. The van der Waals surface area contributed by atoms with E-state index in [0.29, 0.717) is 5.56 Å². The minimum atomic E-state index is -0.0980. The molecule has 2 atom stereocenters. The molecule has 5 nitrogen and oxygen atoms in total. The number of nitrogens with two attached hydrogens (primary N) is 1. The SMILES string of the molecule is NC1CC1NC(=O)c1cnn2ccccc12. The fourth-order valence-electron chi connectivity index (χ4n) is 1.74. The molecule has 1 aliphatic rings. The Morgan fingerprint density at radius 2 is 2.38 bits per heavy atom. The van der Waals surface area contributed by atoms with Crippen molar-refractivity contribution in [1.82, 2.24) is 14.9 Å². The predicted molar refractivity (Wildman–Crippen MR) is 59.0 cm³/mol. The van der Waals surface area contributed by atoms with Crippen LogP contribution in [-0.2, 0) is 0 Å². The van der Waals surface area contributed by atoms with Crippen molar-refractivity contribution in [2.75, 3.05) is 0 Å². The van der Waals surface area contributed by atoms with Gasteiger partial charge in [-0.05, 0) is 18.6 Å². The highest BCUT2D eigenvalue weighted by Gasteiger charge is 2.35. The Bertz CT molecular complexity index is 548. The standard InChI is InChI=1S/C11H12N4O/c12-8-5-9(8)14-11(16)7-6-13-15-4-2-1-3-10(7)15/h1-4,6,8-9H,5,12H2,(H,14,16). The first-order chi connectivity index (χ1) is 7.75. The zero-order valence-corrected chi connectivity index (χ0v) is 8.63. The molecule has 1 aliphatic carbocycles. The first-order valence-electron chi connectivity index (χ1n) is 5.24. The second kappa shape index (κ2) is 3.31. The highest BCUT2D eigenvalue weighted by atomic mass is 16.1. The normalized spacial score (nSPS) is 23.3. The number of amides is 1. The molecule has 2 aromatic rings. The van der Waals surface area contributed by atoms with Gasteiger partial charge in [-0.3, -0.25) is 4.79 Å². The summed E-state index contributed by atoms with van der Waals surface area (Å²) in [5.41, 5.74) is 7.06. The van der Waals surface area contributed by atoms with Crippen LogP contribution in [0.1, 0.15) is 16.8 Å². The number of fused-ring (bicyclic) bond motifs is 1.